The van der Waals surface area contributed by atoms with E-state index in [9.17, 15) is 22.8 Å². The first-order valence-electron chi connectivity index (χ1n) is 11.9. The Morgan fingerprint density at radius 2 is 1.84 bits per heavy atom. The molecule has 2 amide bonds. The Labute approximate surface area is 210 Å². The lowest BCUT2D eigenvalue weighted by atomic mass is 10.0. The molecule has 0 spiro atoms. The third-order valence-corrected chi connectivity index (χ3v) is 7.01. The van der Waals surface area contributed by atoms with Crippen molar-refractivity contribution in [3.8, 4) is 0 Å². The number of likely N-dealkylation sites (N-methyl/N-ethyl adjacent to an activating group) is 1. The minimum absolute atomic E-state index is 0.0344. The van der Waals surface area contributed by atoms with E-state index >= 15 is 0 Å². The third-order valence-electron chi connectivity index (χ3n) is 7.01. The molecule has 2 fully saturated rings. The van der Waals surface area contributed by atoms with Gasteiger partial charge in [-0.1, -0.05) is 5.21 Å². The lowest BCUT2D eigenvalue weighted by molar-refractivity contribution is -0.138. The Morgan fingerprint density at radius 1 is 1.14 bits per heavy atom. The molecule has 0 aliphatic carbocycles. The summed E-state index contributed by atoms with van der Waals surface area (Å²) in [5, 5.41) is 8.25. The van der Waals surface area contributed by atoms with Gasteiger partial charge in [-0.15, -0.1) is 5.10 Å². The number of fused-ring (bicyclic) bond motifs is 1. The van der Waals surface area contributed by atoms with Gasteiger partial charge in [0.05, 0.1) is 17.6 Å². The van der Waals surface area contributed by atoms with Crippen LogP contribution in [0.5, 0.6) is 0 Å². The SMILES string of the molecule is CN(C(=O)C1CN1CCn1nnc2ccc(C(N)=O)cc21)C1CCN(c2ncc(C(F)(F)F)cn2)CC1. The first kappa shape index (κ1) is 24.9. The summed E-state index contributed by atoms with van der Waals surface area (Å²) in [4.78, 5) is 37.9. The largest absolute Gasteiger partial charge is 0.419 e. The van der Waals surface area contributed by atoms with Crippen molar-refractivity contribution in [2.45, 2.75) is 37.6 Å². The van der Waals surface area contributed by atoms with Gasteiger partial charge in [-0.05, 0) is 31.0 Å². The summed E-state index contributed by atoms with van der Waals surface area (Å²) in [7, 11) is 1.80. The number of rotatable bonds is 7. The van der Waals surface area contributed by atoms with Gasteiger partial charge >= 0.3 is 6.18 Å². The van der Waals surface area contributed by atoms with Crippen LogP contribution >= 0.6 is 0 Å². The topological polar surface area (TPSA) is 126 Å². The number of aromatic nitrogens is 5. The maximum absolute atomic E-state index is 13.0. The fraction of sp³-hybridized carbons (Fsp3) is 0.478. The highest BCUT2D eigenvalue weighted by molar-refractivity contribution is 5.96. The Hall–Kier alpha value is -3.81. The van der Waals surface area contributed by atoms with E-state index in [4.69, 9.17) is 5.73 Å². The summed E-state index contributed by atoms with van der Waals surface area (Å²) in [6.07, 6.45) is -1.53. The summed E-state index contributed by atoms with van der Waals surface area (Å²) < 4.78 is 39.9. The maximum Gasteiger partial charge on any atom is 0.419 e. The molecule has 2 aliphatic rings. The number of hydrogen-bond donors (Lipinski definition) is 1. The molecule has 11 nitrogen and oxygen atoms in total. The molecule has 0 bridgehead atoms. The van der Waals surface area contributed by atoms with E-state index in [1.165, 1.54) is 0 Å². The summed E-state index contributed by atoms with van der Waals surface area (Å²) in [6.45, 7) is 2.87. The molecule has 14 heteroatoms. The molecule has 2 unspecified atom stereocenters. The van der Waals surface area contributed by atoms with E-state index in [2.05, 4.69) is 25.2 Å². The van der Waals surface area contributed by atoms with E-state index < -0.39 is 17.6 Å². The highest BCUT2D eigenvalue weighted by Gasteiger charge is 2.43. The van der Waals surface area contributed by atoms with Crippen molar-refractivity contribution in [2.24, 2.45) is 5.73 Å². The van der Waals surface area contributed by atoms with Crippen LogP contribution in [0.15, 0.2) is 30.6 Å². The minimum Gasteiger partial charge on any atom is -0.366 e. The van der Waals surface area contributed by atoms with Gasteiger partial charge in [-0.2, -0.15) is 13.2 Å². The van der Waals surface area contributed by atoms with Gasteiger partial charge in [-0.3, -0.25) is 14.5 Å². The minimum atomic E-state index is -4.47. The number of anilines is 1. The Kier molecular flexibility index (Phi) is 6.43. The van der Waals surface area contributed by atoms with Crippen LogP contribution in [0.4, 0.5) is 19.1 Å². The molecule has 2 aromatic heterocycles. The van der Waals surface area contributed by atoms with Crippen LogP contribution < -0.4 is 10.6 Å². The number of hydrogen-bond acceptors (Lipinski definition) is 8. The Bertz CT molecular complexity index is 1300. The van der Waals surface area contributed by atoms with Crippen molar-refractivity contribution in [1.82, 2.24) is 34.8 Å². The number of alkyl halides is 3. The van der Waals surface area contributed by atoms with E-state index in [1.807, 2.05) is 4.90 Å². The molecule has 3 aromatic rings. The zero-order valence-corrected chi connectivity index (χ0v) is 20.1. The number of nitrogens with zero attached hydrogens (tertiary/aromatic N) is 8. The van der Waals surface area contributed by atoms with E-state index in [1.54, 1.807) is 34.8 Å². The molecule has 0 radical (unpaired) electrons. The zero-order valence-electron chi connectivity index (χ0n) is 20.1. The molecule has 2 aliphatic heterocycles. The molecule has 37 heavy (non-hydrogen) atoms. The fourth-order valence-electron chi connectivity index (χ4n) is 4.66. The third kappa shape index (κ3) is 5.19. The smallest absolute Gasteiger partial charge is 0.366 e. The average Bonchev–Trinajstić information content (AvgIpc) is 3.56. The predicted molar refractivity (Wildman–Crippen MR) is 126 cm³/mol. The summed E-state index contributed by atoms with van der Waals surface area (Å²) in [5.74, 6) is -0.215. The van der Waals surface area contributed by atoms with Crippen molar-refractivity contribution < 1.29 is 22.8 Å². The van der Waals surface area contributed by atoms with Gasteiger partial charge in [0, 0.05) is 57.2 Å². The highest BCUT2D eigenvalue weighted by Crippen LogP contribution is 2.29. The second kappa shape index (κ2) is 9.57. The van der Waals surface area contributed by atoms with Crippen LogP contribution in [0, 0.1) is 0 Å². The number of nitrogens with two attached hydrogens (primary N) is 1. The molecule has 1 aromatic carbocycles. The van der Waals surface area contributed by atoms with E-state index in [0.29, 0.717) is 62.2 Å². The monoisotopic (exact) mass is 517 g/mol. The molecular weight excluding hydrogens is 491 g/mol. The molecule has 2 atom stereocenters. The van der Waals surface area contributed by atoms with Crippen molar-refractivity contribution in [2.75, 3.05) is 38.1 Å². The fourth-order valence-corrected chi connectivity index (χ4v) is 4.66. The lowest BCUT2D eigenvalue weighted by Gasteiger charge is -2.36. The van der Waals surface area contributed by atoms with Gasteiger partial charge < -0.3 is 15.5 Å². The van der Waals surface area contributed by atoms with Crippen molar-refractivity contribution in [3.05, 3.63) is 41.7 Å². The number of halogens is 3. The molecule has 2 N–H and O–H groups in total. The number of carbonyl (C=O) groups excluding carboxylic acids is 2. The van der Waals surface area contributed by atoms with Gasteiger partial charge in [0.1, 0.15) is 11.6 Å². The average molecular weight is 518 g/mol. The van der Waals surface area contributed by atoms with Crippen LogP contribution in [-0.4, -0.2) is 91.9 Å². The first-order valence-corrected chi connectivity index (χ1v) is 11.9. The van der Waals surface area contributed by atoms with E-state index in [-0.39, 0.29) is 23.9 Å². The van der Waals surface area contributed by atoms with Crippen LogP contribution in [0.2, 0.25) is 0 Å². The van der Waals surface area contributed by atoms with Crippen molar-refractivity contribution in [1.29, 1.82) is 0 Å². The standard InChI is InChI=1S/C23H26F3N9O2/c1-32(16-4-6-33(7-5-16)22-28-11-15(12-29-22)23(24,25)26)21(37)19-13-34(19)8-9-35-18-10-14(20(27)36)2-3-17(18)30-31-35/h2-3,10-12,16,19H,4-9,13H2,1H3,(H2,27,36). The van der Waals surface area contributed by atoms with Crippen LogP contribution in [0.25, 0.3) is 11.0 Å². The first-order chi connectivity index (χ1) is 17.6. The highest BCUT2D eigenvalue weighted by atomic mass is 19.4. The van der Waals surface area contributed by atoms with Crippen LogP contribution in [-0.2, 0) is 17.5 Å². The molecule has 2 saturated heterocycles. The summed E-state index contributed by atoms with van der Waals surface area (Å²) in [6, 6.07) is 4.81. The molecule has 196 valence electrons. The quantitative estimate of drug-likeness (QED) is 0.463. The number of benzene rings is 1. The summed E-state index contributed by atoms with van der Waals surface area (Å²) >= 11 is 0. The normalized spacial score (nSPS) is 20.3. The second-order valence-electron chi connectivity index (χ2n) is 9.33. The molecule has 0 saturated carbocycles. The van der Waals surface area contributed by atoms with Crippen molar-refractivity contribution in [3.63, 3.8) is 0 Å². The lowest BCUT2D eigenvalue weighted by Crippen LogP contribution is -2.47. The summed E-state index contributed by atoms with van der Waals surface area (Å²) in [5.41, 5.74) is 6.25. The number of carbonyl (C=O) groups is 2. The number of piperidine rings is 1. The molecule has 4 heterocycles. The molecular formula is C23H26F3N9O2. The second-order valence-corrected chi connectivity index (χ2v) is 9.33. The van der Waals surface area contributed by atoms with Crippen LogP contribution in [0.3, 0.4) is 0 Å². The van der Waals surface area contributed by atoms with E-state index in [0.717, 1.165) is 12.4 Å². The molecule has 5 rings (SSSR count). The number of amides is 2. The number of primary amides is 1. The van der Waals surface area contributed by atoms with Gasteiger partial charge in [0.15, 0.2) is 0 Å². The van der Waals surface area contributed by atoms with Gasteiger partial charge in [0.25, 0.3) is 0 Å². The predicted octanol–water partition coefficient (Wildman–Crippen LogP) is 1.15. The maximum atomic E-state index is 13.0. The Balaban J connectivity index is 1.11. The zero-order chi connectivity index (χ0) is 26.3. The van der Waals surface area contributed by atoms with Crippen molar-refractivity contribution >= 4 is 28.8 Å². The Morgan fingerprint density at radius 3 is 2.49 bits per heavy atom. The van der Waals surface area contributed by atoms with Gasteiger partial charge in [-0.25, -0.2) is 14.6 Å². The van der Waals surface area contributed by atoms with Crippen LogP contribution in [0.1, 0.15) is 28.8 Å². The van der Waals surface area contributed by atoms with Gasteiger partial charge in [0.2, 0.25) is 17.8 Å².